The van der Waals surface area contributed by atoms with Gasteiger partial charge in [-0.15, -0.1) is 0 Å². The van der Waals surface area contributed by atoms with Gasteiger partial charge in [-0.25, -0.2) is 0 Å². The Kier molecular flexibility index (Phi) is 8.33. The topological polar surface area (TPSA) is 78.4 Å². The van der Waals surface area contributed by atoms with Crippen molar-refractivity contribution < 1.29 is 14.7 Å². The van der Waals surface area contributed by atoms with Crippen molar-refractivity contribution in [3.8, 4) is 0 Å². The van der Waals surface area contributed by atoms with Gasteiger partial charge in [0.15, 0.2) is 0 Å². The molecule has 128 valence electrons. The highest BCUT2D eigenvalue weighted by Gasteiger charge is 2.24. The normalized spacial score (nSPS) is 14.7. The van der Waals surface area contributed by atoms with Crippen LogP contribution in [0.3, 0.4) is 0 Å². The van der Waals surface area contributed by atoms with Gasteiger partial charge in [0.2, 0.25) is 5.91 Å². The van der Waals surface area contributed by atoms with E-state index in [2.05, 4.69) is 17.6 Å². The first-order valence-electron chi connectivity index (χ1n) is 8.30. The Labute approximate surface area is 138 Å². The molecule has 0 saturated heterocycles. The molecule has 1 amide bonds. The smallest absolute Gasteiger partial charge is 0.320 e. The molecular formula is C18H28N2O3. The summed E-state index contributed by atoms with van der Waals surface area (Å²) in [5.74, 6) is -1.12. The Morgan fingerprint density at radius 2 is 1.83 bits per heavy atom. The molecule has 0 bridgehead atoms. The summed E-state index contributed by atoms with van der Waals surface area (Å²) < 4.78 is 0. The van der Waals surface area contributed by atoms with Crippen molar-refractivity contribution in [2.75, 3.05) is 6.54 Å². The van der Waals surface area contributed by atoms with Crippen LogP contribution in [0.5, 0.6) is 0 Å². The third-order valence-electron chi connectivity index (χ3n) is 4.08. The molecule has 0 aliphatic carbocycles. The van der Waals surface area contributed by atoms with E-state index in [1.165, 1.54) is 0 Å². The number of carbonyl (C=O) groups excluding carboxylic acids is 1. The average molecular weight is 320 g/mol. The first-order chi connectivity index (χ1) is 11.0. The van der Waals surface area contributed by atoms with Gasteiger partial charge >= 0.3 is 5.97 Å². The Balaban J connectivity index is 2.60. The fraction of sp³-hybridized carbons (Fsp3) is 0.556. The number of aliphatic carboxylic acids is 1. The summed E-state index contributed by atoms with van der Waals surface area (Å²) in [6, 6.07) is 9.09. The van der Waals surface area contributed by atoms with Gasteiger partial charge in [-0.3, -0.25) is 14.9 Å². The molecule has 3 atom stereocenters. The largest absolute Gasteiger partial charge is 0.480 e. The van der Waals surface area contributed by atoms with E-state index >= 15 is 0 Å². The Bertz CT molecular complexity index is 490. The molecule has 1 rings (SSSR count). The van der Waals surface area contributed by atoms with Crippen molar-refractivity contribution in [3.63, 3.8) is 0 Å². The lowest BCUT2D eigenvalue weighted by molar-refractivity contribution is -0.141. The molecule has 0 spiro atoms. The van der Waals surface area contributed by atoms with Crippen LogP contribution in [0.15, 0.2) is 30.3 Å². The van der Waals surface area contributed by atoms with Gasteiger partial charge in [0.1, 0.15) is 6.04 Å². The maximum atomic E-state index is 12.2. The van der Waals surface area contributed by atoms with Crippen molar-refractivity contribution in [1.82, 2.24) is 10.6 Å². The van der Waals surface area contributed by atoms with Gasteiger partial charge in [0.25, 0.3) is 0 Å². The summed E-state index contributed by atoms with van der Waals surface area (Å²) in [6.07, 6.45) is 2.55. The molecule has 1 unspecified atom stereocenters. The van der Waals surface area contributed by atoms with E-state index in [1.54, 1.807) is 0 Å². The predicted octanol–water partition coefficient (Wildman–Crippen LogP) is 2.73. The van der Waals surface area contributed by atoms with Gasteiger partial charge in [-0.1, -0.05) is 63.9 Å². The number of benzene rings is 1. The number of rotatable bonds is 10. The Hall–Kier alpha value is -1.88. The van der Waals surface area contributed by atoms with Crippen LogP contribution in [0, 0.1) is 5.92 Å². The molecule has 1 aromatic rings. The van der Waals surface area contributed by atoms with Gasteiger partial charge < -0.3 is 10.4 Å². The average Bonchev–Trinajstić information content (AvgIpc) is 2.54. The van der Waals surface area contributed by atoms with Crippen LogP contribution in [-0.2, 0) is 9.59 Å². The molecule has 5 heteroatoms. The van der Waals surface area contributed by atoms with E-state index in [4.69, 9.17) is 0 Å². The van der Waals surface area contributed by atoms with Crippen molar-refractivity contribution in [2.45, 2.75) is 52.1 Å². The number of hydrogen-bond donors (Lipinski definition) is 3. The van der Waals surface area contributed by atoms with Crippen molar-refractivity contribution in [2.24, 2.45) is 5.92 Å². The summed E-state index contributed by atoms with van der Waals surface area (Å²) in [4.78, 5) is 23.4. The molecule has 0 aliphatic rings. The maximum absolute atomic E-state index is 12.2. The minimum Gasteiger partial charge on any atom is -0.480 e. The minimum atomic E-state index is -0.916. The highest BCUT2D eigenvalue weighted by molar-refractivity contribution is 5.80. The molecular weight excluding hydrogens is 292 g/mol. The monoisotopic (exact) mass is 320 g/mol. The van der Waals surface area contributed by atoms with Crippen LogP contribution in [0.25, 0.3) is 0 Å². The number of carbonyl (C=O) groups is 2. The zero-order valence-corrected chi connectivity index (χ0v) is 14.2. The quantitative estimate of drug-likeness (QED) is 0.619. The van der Waals surface area contributed by atoms with E-state index < -0.39 is 12.0 Å². The molecule has 0 aliphatic heterocycles. The van der Waals surface area contributed by atoms with Crippen LogP contribution >= 0.6 is 0 Å². The summed E-state index contributed by atoms with van der Waals surface area (Å²) >= 11 is 0. The predicted molar refractivity (Wildman–Crippen MR) is 91.1 cm³/mol. The third kappa shape index (κ3) is 6.40. The number of hydrogen-bond acceptors (Lipinski definition) is 3. The van der Waals surface area contributed by atoms with Crippen molar-refractivity contribution in [1.29, 1.82) is 0 Å². The second-order valence-electron chi connectivity index (χ2n) is 5.90. The van der Waals surface area contributed by atoms with E-state index in [9.17, 15) is 14.7 Å². The van der Waals surface area contributed by atoms with Crippen LogP contribution < -0.4 is 10.6 Å². The lowest BCUT2D eigenvalue weighted by Gasteiger charge is -2.22. The summed E-state index contributed by atoms with van der Waals surface area (Å²) in [7, 11) is 0. The number of carboxylic acids is 1. The number of nitrogens with one attached hydrogen (secondary N) is 2. The highest BCUT2D eigenvalue weighted by atomic mass is 16.4. The van der Waals surface area contributed by atoms with Crippen LogP contribution in [-0.4, -0.2) is 29.6 Å². The summed E-state index contributed by atoms with van der Waals surface area (Å²) in [5.41, 5.74) is 1.07. The highest BCUT2D eigenvalue weighted by Crippen LogP contribution is 2.17. The molecule has 0 aromatic heterocycles. The molecule has 0 saturated carbocycles. The lowest BCUT2D eigenvalue weighted by Crippen LogP contribution is -2.46. The number of carboxylic acid groups (broad SMARTS) is 1. The lowest BCUT2D eigenvalue weighted by atomic mass is 9.99. The van der Waals surface area contributed by atoms with Crippen LogP contribution in [0.2, 0.25) is 0 Å². The Morgan fingerprint density at radius 1 is 1.17 bits per heavy atom. The van der Waals surface area contributed by atoms with Crippen molar-refractivity contribution in [3.05, 3.63) is 35.9 Å². The van der Waals surface area contributed by atoms with Crippen LogP contribution in [0.1, 0.15) is 51.6 Å². The zero-order valence-electron chi connectivity index (χ0n) is 14.2. The van der Waals surface area contributed by atoms with Crippen LogP contribution in [0.4, 0.5) is 0 Å². The van der Waals surface area contributed by atoms with Crippen molar-refractivity contribution >= 4 is 11.9 Å². The molecule has 3 N–H and O–H groups in total. The molecule has 1 aromatic carbocycles. The van der Waals surface area contributed by atoms with E-state index in [-0.39, 0.29) is 24.4 Å². The van der Waals surface area contributed by atoms with E-state index in [0.29, 0.717) is 0 Å². The van der Waals surface area contributed by atoms with Gasteiger partial charge in [-0.05, 0) is 17.9 Å². The van der Waals surface area contributed by atoms with E-state index in [1.807, 2.05) is 44.2 Å². The fourth-order valence-corrected chi connectivity index (χ4v) is 2.51. The second-order valence-corrected chi connectivity index (χ2v) is 5.90. The molecule has 5 nitrogen and oxygen atoms in total. The van der Waals surface area contributed by atoms with Gasteiger partial charge in [0, 0.05) is 0 Å². The summed E-state index contributed by atoms with van der Waals surface area (Å²) in [6.45, 7) is 5.89. The van der Waals surface area contributed by atoms with Gasteiger partial charge in [-0.2, -0.15) is 0 Å². The SMILES string of the molecule is CCCC(NC(=O)CN[C@H](C(=O)O)[C@@H](C)CC)c1ccccc1. The molecule has 0 radical (unpaired) electrons. The minimum absolute atomic E-state index is 0.00829. The Morgan fingerprint density at radius 3 is 2.35 bits per heavy atom. The molecule has 0 fully saturated rings. The first kappa shape index (κ1) is 19.2. The number of amides is 1. The van der Waals surface area contributed by atoms with E-state index in [0.717, 1.165) is 24.8 Å². The zero-order chi connectivity index (χ0) is 17.2. The first-order valence-corrected chi connectivity index (χ1v) is 8.30. The molecule has 0 heterocycles. The molecule has 23 heavy (non-hydrogen) atoms. The fourth-order valence-electron chi connectivity index (χ4n) is 2.51. The standard InChI is InChI=1S/C18H28N2O3/c1-4-9-15(14-10-7-6-8-11-14)20-16(21)12-19-17(18(22)23)13(3)5-2/h6-8,10-11,13,15,17,19H,4-5,9,12H2,1-3H3,(H,20,21)(H,22,23)/t13-,15?,17-/m0/s1. The summed E-state index contributed by atoms with van der Waals surface area (Å²) in [5, 5.41) is 15.1. The third-order valence-corrected chi connectivity index (χ3v) is 4.08. The second kappa shape index (κ2) is 10.0. The maximum Gasteiger partial charge on any atom is 0.320 e. The van der Waals surface area contributed by atoms with Gasteiger partial charge in [0.05, 0.1) is 12.6 Å².